The van der Waals surface area contributed by atoms with Crippen LogP contribution in [0.5, 0.6) is 0 Å². The van der Waals surface area contributed by atoms with Crippen molar-refractivity contribution in [2.45, 2.75) is 50.3 Å². The Hall–Kier alpha value is -1.16. The molecule has 0 heterocycles. The third-order valence-electron chi connectivity index (χ3n) is 2.87. The number of thioether (sulfide) groups is 1. The monoisotopic (exact) mass is 266 g/mol. The fraction of sp³-hybridized carbons (Fsp3) is 0.500. The first-order valence-electron chi connectivity index (χ1n) is 6.27. The van der Waals surface area contributed by atoms with Crippen molar-refractivity contribution in [2.75, 3.05) is 5.73 Å². The molecule has 4 heteroatoms. The second-order valence-electron chi connectivity index (χ2n) is 4.60. The topological polar surface area (TPSA) is 55.1 Å². The summed E-state index contributed by atoms with van der Waals surface area (Å²) in [4.78, 5) is 13.0. The largest absolute Gasteiger partial charge is 0.399 e. The number of carbonyl (C=O) groups is 1. The summed E-state index contributed by atoms with van der Waals surface area (Å²) in [6.07, 6.45) is 0.948. The molecule has 0 spiro atoms. The smallest absolute Gasteiger partial charge is 0.233 e. The van der Waals surface area contributed by atoms with Crippen LogP contribution in [0.25, 0.3) is 0 Å². The zero-order valence-corrected chi connectivity index (χ0v) is 12.3. The minimum atomic E-state index is -0.0960. The number of nitrogen functional groups attached to an aromatic ring is 1. The lowest BCUT2D eigenvalue weighted by atomic mass is 10.2. The van der Waals surface area contributed by atoms with Crippen LogP contribution >= 0.6 is 11.8 Å². The van der Waals surface area contributed by atoms with Gasteiger partial charge in [0.1, 0.15) is 0 Å². The van der Waals surface area contributed by atoms with Crippen LogP contribution in [0.4, 0.5) is 5.69 Å². The molecular weight excluding hydrogens is 244 g/mol. The summed E-state index contributed by atoms with van der Waals surface area (Å²) in [5.41, 5.74) is 7.59. The van der Waals surface area contributed by atoms with Crippen LogP contribution in [0.3, 0.4) is 0 Å². The van der Waals surface area contributed by atoms with E-state index in [1.54, 1.807) is 11.8 Å². The van der Waals surface area contributed by atoms with Crippen LogP contribution in [0.15, 0.2) is 23.1 Å². The molecule has 3 nitrogen and oxygen atoms in total. The average Bonchev–Trinajstić information content (AvgIpc) is 2.32. The van der Waals surface area contributed by atoms with Gasteiger partial charge in [0.25, 0.3) is 0 Å². The molecule has 18 heavy (non-hydrogen) atoms. The number of aryl methyl sites for hydroxylation is 1. The molecule has 1 rings (SSSR count). The highest BCUT2D eigenvalue weighted by Gasteiger charge is 2.16. The van der Waals surface area contributed by atoms with Crippen LogP contribution in [-0.4, -0.2) is 17.2 Å². The highest BCUT2D eigenvalue weighted by atomic mass is 32.2. The van der Waals surface area contributed by atoms with E-state index in [4.69, 9.17) is 5.73 Å². The predicted molar refractivity (Wildman–Crippen MR) is 78.8 cm³/mol. The number of nitrogens with one attached hydrogen (secondary N) is 1. The van der Waals surface area contributed by atoms with Crippen LogP contribution < -0.4 is 11.1 Å². The maximum absolute atomic E-state index is 11.9. The SMILES string of the molecule is CCC(C)NC(=O)C(C)Sc1ccc(N)cc1C. The van der Waals surface area contributed by atoms with Crippen molar-refractivity contribution in [3.8, 4) is 0 Å². The molecule has 0 aliphatic heterocycles. The predicted octanol–water partition coefficient (Wildman–Crippen LogP) is 2.97. The molecule has 1 aromatic carbocycles. The molecule has 0 aliphatic carbocycles. The van der Waals surface area contributed by atoms with E-state index in [1.807, 2.05) is 39.0 Å². The van der Waals surface area contributed by atoms with Gasteiger partial charge in [-0.25, -0.2) is 0 Å². The van der Waals surface area contributed by atoms with Gasteiger partial charge in [-0.15, -0.1) is 11.8 Å². The van der Waals surface area contributed by atoms with Crippen LogP contribution in [0, 0.1) is 6.92 Å². The first kappa shape index (κ1) is 14.9. The summed E-state index contributed by atoms with van der Waals surface area (Å²) in [5, 5.41) is 2.90. The van der Waals surface area contributed by atoms with Gasteiger partial charge < -0.3 is 11.1 Å². The number of anilines is 1. The molecule has 0 radical (unpaired) electrons. The summed E-state index contributed by atoms with van der Waals surface area (Å²) in [6, 6.07) is 6.01. The number of hydrogen-bond acceptors (Lipinski definition) is 3. The standard InChI is InChI=1S/C14H22N2OS/c1-5-10(3)16-14(17)11(4)18-13-7-6-12(15)8-9(13)2/h6-8,10-11H,5,15H2,1-4H3,(H,16,17). The van der Waals surface area contributed by atoms with Crippen molar-refractivity contribution < 1.29 is 4.79 Å². The van der Waals surface area contributed by atoms with Gasteiger partial charge in [0.2, 0.25) is 5.91 Å². The van der Waals surface area contributed by atoms with E-state index in [1.165, 1.54) is 0 Å². The number of hydrogen-bond donors (Lipinski definition) is 2. The Morgan fingerprint density at radius 2 is 2.11 bits per heavy atom. The summed E-state index contributed by atoms with van der Waals surface area (Å²) in [5.74, 6) is 0.0885. The second-order valence-corrected chi connectivity index (χ2v) is 5.99. The molecule has 2 unspecified atom stereocenters. The van der Waals surface area contributed by atoms with Gasteiger partial charge in [0, 0.05) is 16.6 Å². The Morgan fingerprint density at radius 1 is 1.44 bits per heavy atom. The van der Waals surface area contributed by atoms with Crippen molar-refractivity contribution in [1.82, 2.24) is 5.32 Å². The van der Waals surface area contributed by atoms with Crippen molar-refractivity contribution in [2.24, 2.45) is 0 Å². The van der Waals surface area contributed by atoms with Crippen molar-refractivity contribution in [1.29, 1.82) is 0 Å². The molecule has 2 atom stereocenters. The summed E-state index contributed by atoms with van der Waals surface area (Å²) >= 11 is 1.57. The molecule has 0 aliphatic rings. The number of amides is 1. The molecule has 3 N–H and O–H groups in total. The molecule has 0 bridgehead atoms. The molecule has 1 aromatic rings. The van der Waals surface area contributed by atoms with Crippen molar-refractivity contribution in [3.05, 3.63) is 23.8 Å². The van der Waals surface area contributed by atoms with Crippen molar-refractivity contribution in [3.63, 3.8) is 0 Å². The molecule has 0 saturated heterocycles. The van der Waals surface area contributed by atoms with E-state index in [2.05, 4.69) is 12.2 Å². The lowest BCUT2D eigenvalue weighted by Crippen LogP contribution is -2.37. The lowest BCUT2D eigenvalue weighted by molar-refractivity contribution is -0.120. The maximum Gasteiger partial charge on any atom is 0.233 e. The number of benzene rings is 1. The van der Waals surface area contributed by atoms with Gasteiger partial charge in [0.05, 0.1) is 5.25 Å². The van der Waals surface area contributed by atoms with E-state index < -0.39 is 0 Å². The first-order chi connectivity index (χ1) is 8.43. The zero-order valence-electron chi connectivity index (χ0n) is 11.5. The highest BCUT2D eigenvalue weighted by molar-refractivity contribution is 8.00. The van der Waals surface area contributed by atoms with Gasteiger partial charge in [0.15, 0.2) is 0 Å². The van der Waals surface area contributed by atoms with Crippen molar-refractivity contribution >= 4 is 23.4 Å². The van der Waals surface area contributed by atoms with E-state index in [0.29, 0.717) is 0 Å². The number of carbonyl (C=O) groups excluding carboxylic acids is 1. The van der Waals surface area contributed by atoms with Gasteiger partial charge in [-0.05, 0) is 51.0 Å². The molecule has 0 saturated carbocycles. The number of nitrogens with two attached hydrogens (primary N) is 1. The second kappa shape index (κ2) is 6.69. The normalized spacial score (nSPS) is 14.0. The minimum Gasteiger partial charge on any atom is -0.399 e. The Labute approximate surface area is 114 Å². The first-order valence-corrected chi connectivity index (χ1v) is 7.15. The number of rotatable bonds is 5. The molecule has 1 amide bonds. The van der Waals surface area contributed by atoms with Gasteiger partial charge >= 0.3 is 0 Å². The lowest BCUT2D eigenvalue weighted by Gasteiger charge is -2.17. The van der Waals surface area contributed by atoms with E-state index in [-0.39, 0.29) is 17.2 Å². The third kappa shape index (κ3) is 4.26. The molecular formula is C14H22N2OS. The quantitative estimate of drug-likeness (QED) is 0.636. The Morgan fingerprint density at radius 3 is 2.67 bits per heavy atom. The zero-order chi connectivity index (χ0) is 13.7. The maximum atomic E-state index is 11.9. The van der Waals surface area contributed by atoms with Gasteiger partial charge in [-0.3, -0.25) is 4.79 Å². The minimum absolute atomic E-state index is 0.0885. The molecule has 0 fully saturated rings. The van der Waals surface area contributed by atoms with E-state index >= 15 is 0 Å². The Balaban J connectivity index is 2.63. The van der Waals surface area contributed by atoms with Crippen LogP contribution in [-0.2, 0) is 4.79 Å². The summed E-state index contributed by atoms with van der Waals surface area (Å²) in [6.45, 7) is 8.02. The van der Waals surface area contributed by atoms with E-state index in [9.17, 15) is 4.79 Å². The molecule has 0 aromatic heterocycles. The van der Waals surface area contributed by atoms with Crippen LogP contribution in [0.2, 0.25) is 0 Å². The Kier molecular flexibility index (Phi) is 5.54. The van der Waals surface area contributed by atoms with Gasteiger partial charge in [-0.2, -0.15) is 0 Å². The fourth-order valence-electron chi connectivity index (χ4n) is 1.51. The van der Waals surface area contributed by atoms with E-state index in [0.717, 1.165) is 22.6 Å². The Bertz CT molecular complexity index is 420. The molecule has 100 valence electrons. The average molecular weight is 266 g/mol. The fourth-order valence-corrected chi connectivity index (χ4v) is 2.46. The third-order valence-corrected chi connectivity index (χ3v) is 4.15. The van der Waals surface area contributed by atoms with Crippen LogP contribution in [0.1, 0.15) is 32.8 Å². The van der Waals surface area contributed by atoms with Gasteiger partial charge in [-0.1, -0.05) is 6.92 Å². The highest BCUT2D eigenvalue weighted by Crippen LogP contribution is 2.28. The summed E-state index contributed by atoms with van der Waals surface area (Å²) in [7, 11) is 0. The summed E-state index contributed by atoms with van der Waals surface area (Å²) < 4.78 is 0.